The van der Waals surface area contributed by atoms with Gasteiger partial charge in [0.1, 0.15) is 0 Å². The van der Waals surface area contributed by atoms with Gasteiger partial charge in [0.25, 0.3) is 0 Å². The molecule has 3 rings (SSSR count). The number of halogens is 2. The number of hydrogen-bond donors (Lipinski definition) is 0. The molecule has 2 aromatic carbocycles. The van der Waals surface area contributed by atoms with E-state index in [1.807, 2.05) is 0 Å². The van der Waals surface area contributed by atoms with Crippen molar-refractivity contribution in [3.05, 3.63) is 58.0 Å². The van der Waals surface area contributed by atoms with Crippen LogP contribution in [0.15, 0.2) is 58.0 Å². The van der Waals surface area contributed by atoms with Crippen LogP contribution in [0.1, 0.15) is 0 Å². The largest absolute Gasteiger partial charge is 0.376 e. The van der Waals surface area contributed by atoms with Gasteiger partial charge in [0.15, 0.2) is 0 Å². The summed E-state index contributed by atoms with van der Waals surface area (Å²) in [5, 5.41) is 2.51. The highest BCUT2D eigenvalue weighted by atomic mass is 79.9. The molecule has 21 heavy (non-hydrogen) atoms. The van der Waals surface area contributed by atoms with Gasteiger partial charge in [0.2, 0.25) is 0 Å². The highest BCUT2D eigenvalue weighted by Gasteiger charge is 2.11. The fraction of sp³-hybridized carbons (Fsp3) is 0.176. The molecule has 4 heteroatoms. The molecule has 1 aromatic heterocycles. The minimum atomic E-state index is 0.591. The molecule has 2 nitrogen and oxygen atoms in total. The van der Waals surface area contributed by atoms with Crippen LogP contribution < -0.4 is 0 Å². The first-order valence-electron chi connectivity index (χ1n) is 6.76. The summed E-state index contributed by atoms with van der Waals surface area (Å²) in [6.07, 6.45) is 1.78. The molecule has 0 spiro atoms. The Bertz CT molecular complexity index is 748. The predicted octanol–water partition coefficient (Wildman–Crippen LogP) is 5.52. The van der Waals surface area contributed by atoms with Crippen LogP contribution in [-0.4, -0.2) is 17.8 Å². The molecule has 0 aliphatic carbocycles. The van der Waals surface area contributed by atoms with Crippen LogP contribution >= 0.6 is 31.9 Å². The van der Waals surface area contributed by atoms with E-state index in [4.69, 9.17) is 4.74 Å². The fourth-order valence-corrected chi connectivity index (χ4v) is 3.33. The predicted molar refractivity (Wildman–Crippen MR) is 95.9 cm³/mol. The van der Waals surface area contributed by atoms with Crippen molar-refractivity contribution >= 4 is 53.7 Å². The zero-order chi connectivity index (χ0) is 14.8. The summed E-state index contributed by atoms with van der Waals surface area (Å²) in [6, 6.07) is 12.8. The van der Waals surface area contributed by atoms with E-state index < -0.39 is 0 Å². The van der Waals surface area contributed by atoms with E-state index in [9.17, 15) is 0 Å². The fourth-order valence-electron chi connectivity index (χ4n) is 2.61. The third-order valence-electron chi connectivity index (χ3n) is 3.48. The average molecular weight is 409 g/mol. The van der Waals surface area contributed by atoms with Gasteiger partial charge in [-0.3, -0.25) is 0 Å². The summed E-state index contributed by atoms with van der Waals surface area (Å²) in [4.78, 5) is 0. The van der Waals surface area contributed by atoms with E-state index in [0.717, 1.165) is 15.5 Å². The highest BCUT2D eigenvalue weighted by molar-refractivity contribution is 9.10. The molecular formula is C17H15Br2NO. The average Bonchev–Trinajstić information content (AvgIpc) is 2.77. The Morgan fingerprint density at radius 2 is 1.57 bits per heavy atom. The Kier molecular flexibility index (Phi) is 4.48. The zero-order valence-electron chi connectivity index (χ0n) is 11.5. The lowest BCUT2D eigenvalue weighted by Crippen LogP contribution is -2.05. The van der Waals surface area contributed by atoms with Crippen molar-refractivity contribution in [2.45, 2.75) is 6.54 Å². The second-order valence-corrected chi connectivity index (χ2v) is 6.67. The van der Waals surface area contributed by atoms with Crippen molar-refractivity contribution in [3.8, 4) is 0 Å². The standard InChI is InChI=1S/C17H15Br2NO/c1-2-8-21-9-7-20-16-5-3-12(18)10-14(16)15-11-13(19)4-6-17(15)20/h2-6,10-11H,1,7-9H2. The molecule has 0 atom stereocenters. The molecule has 0 radical (unpaired) electrons. The molecule has 0 aliphatic heterocycles. The van der Waals surface area contributed by atoms with Crippen molar-refractivity contribution < 1.29 is 4.74 Å². The van der Waals surface area contributed by atoms with Crippen molar-refractivity contribution in [2.24, 2.45) is 0 Å². The quantitative estimate of drug-likeness (QED) is 0.400. The molecular weight excluding hydrogens is 394 g/mol. The van der Waals surface area contributed by atoms with E-state index in [2.05, 4.69) is 79.4 Å². The summed E-state index contributed by atoms with van der Waals surface area (Å²) >= 11 is 7.12. The summed E-state index contributed by atoms with van der Waals surface area (Å²) < 4.78 is 10.0. The molecule has 3 aromatic rings. The minimum Gasteiger partial charge on any atom is -0.376 e. The maximum Gasteiger partial charge on any atom is 0.0650 e. The summed E-state index contributed by atoms with van der Waals surface area (Å²) in [5.41, 5.74) is 2.46. The Labute approximate surface area is 140 Å². The molecule has 0 amide bonds. The Morgan fingerprint density at radius 3 is 2.10 bits per heavy atom. The number of nitrogens with zero attached hydrogens (tertiary/aromatic N) is 1. The van der Waals surface area contributed by atoms with Gasteiger partial charge in [0.05, 0.1) is 13.2 Å². The Balaban J connectivity index is 2.13. The van der Waals surface area contributed by atoms with Crippen molar-refractivity contribution in [1.29, 1.82) is 0 Å². The van der Waals surface area contributed by atoms with Crippen molar-refractivity contribution in [3.63, 3.8) is 0 Å². The first-order valence-corrected chi connectivity index (χ1v) is 8.35. The Morgan fingerprint density at radius 1 is 1.00 bits per heavy atom. The van der Waals surface area contributed by atoms with Gasteiger partial charge in [-0.1, -0.05) is 37.9 Å². The SMILES string of the molecule is C=CCOCCn1c2ccc(Br)cc2c2cc(Br)ccc21. The maximum absolute atomic E-state index is 5.54. The monoisotopic (exact) mass is 407 g/mol. The van der Waals surface area contributed by atoms with Crippen molar-refractivity contribution in [1.82, 2.24) is 4.57 Å². The lowest BCUT2D eigenvalue weighted by molar-refractivity contribution is 0.155. The van der Waals surface area contributed by atoms with Gasteiger partial charge < -0.3 is 9.30 Å². The summed E-state index contributed by atoms with van der Waals surface area (Å²) in [5.74, 6) is 0. The summed E-state index contributed by atoms with van der Waals surface area (Å²) in [6.45, 7) is 5.77. The van der Waals surface area contributed by atoms with Gasteiger partial charge in [-0.25, -0.2) is 0 Å². The smallest absolute Gasteiger partial charge is 0.0650 e. The summed E-state index contributed by atoms with van der Waals surface area (Å²) in [7, 11) is 0. The molecule has 108 valence electrons. The van der Waals surface area contributed by atoms with Crippen LogP contribution in [0.4, 0.5) is 0 Å². The normalized spacial score (nSPS) is 11.3. The van der Waals surface area contributed by atoms with Crippen LogP contribution in [-0.2, 0) is 11.3 Å². The number of benzene rings is 2. The number of ether oxygens (including phenoxy) is 1. The third kappa shape index (κ3) is 2.93. The molecule has 0 unspecified atom stereocenters. The Hall–Kier alpha value is -1.10. The lowest BCUT2D eigenvalue weighted by Gasteiger charge is -2.07. The minimum absolute atomic E-state index is 0.591. The van der Waals surface area contributed by atoms with E-state index in [1.54, 1.807) is 6.08 Å². The molecule has 1 heterocycles. The van der Waals surface area contributed by atoms with Crippen LogP contribution in [0.2, 0.25) is 0 Å². The molecule has 0 bridgehead atoms. The first kappa shape index (κ1) is 14.8. The third-order valence-corrected chi connectivity index (χ3v) is 4.47. The highest BCUT2D eigenvalue weighted by Crippen LogP contribution is 2.32. The number of fused-ring (bicyclic) bond motifs is 3. The number of hydrogen-bond acceptors (Lipinski definition) is 1. The van der Waals surface area contributed by atoms with Crippen LogP contribution in [0.25, 0.3) is 21.8 Å². The maximum atomic E-state index is 5.54. The number of rotatable bonds is 5. The first-order chi connectivity index (χ1) is 10.2. The lowest BCUT2D eigenvalue weighted by atomic mass is 10.2. The molecule has 0 saturated carbocycles. The topological polar surface area (TPSA) is 14.2 Å². The van der Waals surface area contributed by atoms with Gasteiger partial charge in [-0.05, 0) is 36.4 Å². The van der Waals surface area contributed by atoms with E-state index >= 15 is 0 Å². The van der Waals surface area contributed by atoms with Gasteiger partial charge in [0, 0.05) is 37.3 Å². The molecule has 0 aliphatic rings. The van der Waals surface area contributed by atoms with Gasteiger partial charge >= 0.3 is 0 Å². The second-order valence-electron chi connectivity index (χ2n) is 4.84. The van der Waals surface area contributed by atoms with Gasteiger partial charge in [-0.15, -0.1) is 6.58 Å². The van der Waals surface area contributed by atoms with Crippen LogP contribution in [0.3, 0.4) is 0 Å². The molecule has 0 saturated heterocycles. The van der Waals surface area contributed by atoms with Crippen LogP contribution in [0.5, 0.6) is 0 Å². The van der Waals surface area contributed by atoms with E-state index in [0.29, 0.717) is 13.2 Å². The van der Waals surface area contributed by atoms with Crippen molar-refractivity contribution in [2.75, 3.05) is 13.2 Å². The second kappa shape index (κ2) is 6.34. The van der Waals surface area contributed by atoms with E-state index in [-0.39, 0.29) is 0 Å². The van der Waals surface area contributed by atoms with E-state index in [1.165, 1.54) is 21.8 Å². The molecule has 0 N–H and O–H groups in total. The van der Waals surface area contributed by atoms with Gasteiger partial charge in [-0.2, -0.15) is 0 Å². The molecule has 0 fully saturated rings. The van der Waals surface area contributed by atoms with Crippen LogP contribution in [0, 0.1) is 0 Å². The number of aromatic nitrogens is 1. The zero-order valence-corrected chi connectivity index (χ0v) is 14.7.